The third kappa shape index (κ3) is 5.69. The summed E-state index contributed by atoms with van der Waals surface area (Å²) in [6, 6.07) is 51.4. The Labute approximate surface area is 328 Å². The summed E-state index contributed by atoms with van der Waals surface area (Å²) in [5, 5.41) is 7.15. The Morgan fingerprint density at radius 1 is 0.630 bits per heavy atom. The minimum Gasteiger partial charge on any atom is -0.509 e. The van der Waals surface area contributed by atoms with Crippen molar-refractivity contribution in [3.8, 4) is 17.3 Å². The summed E-state index contributed by atoms with van der Waals surface area (Å²) >= 11 is 0. The van der Waals surface area contributed by atoms with Crippen LogP contribution in [0.3, 0.4) is 0 Å². The number of rotatable bonds is 5. The van der Waals surface area contributed by atoms with E-state index in [0.717, 1.165) is 50.4 Å². The van der Waals surface area contributed by atoms with Crippen LogP contribution in [0.25, 0.3) is 49.2 Å². The molecule has 10 rings (SSSR count). The Bertz CT molecular complexity index is 2870. The maximum atomic E-state index is 6.52. The maximum absolute atomic E-state index is 6.52. The Morgan fingerprint density at radius 2 is 1.41 bits per heavy atom. The Balaban J connectivity index is 0.00000384. The monoisotopic (exact) mass is 879 g/mol. The third-order valence-electron chi connectivity index (χ3n) is 10.2. The second kappa shape index (κ2) is 13.2. The number of benzene rings is 6. The molecule has 1 aliphatic rings. The van der Waals surface area contributed by atoms with Gasteiger partial charge in [-0.2, -0.15) is 12.1 Å². The number of ether oxygens (including phenoxy) is 1. The largest absolute Gasteiger partial charge is 0.509 e. The van der Waals surface area contributed by atoms with E-state index >= 15 is 0 Å². The molecule has 7 heteroatoms. The average molecular weight is 880 g/mol. The van der Waals surface area contributed by atoms with Crippen molar-refractivity contribution in [1.29, 1.82) is 0 Å². The number of nitrogens with zero attached hydrogens (tertiary/aromatic N) is 5. The van der Waals surface area contributed by atoms with E-state index in [0.29, 0.717) is 11.5 Å². The molecule has 0 atom stereocenters. The van der Waals surface area contributed by atoms with E-state index in [9.17, 15) is 0 Å². The van der Waals surface area contributed by atoms with E-state index in [1.165, 1.54) is 27.1 Å². The van der Waals surface area contributed by atoms with Crippen LogP contribution in [0, 0.1) is 18.8 Å². The van der Waals surface area contributed by atoms with Gasteiger partial charge in [-0.25, -0.2) is 4.98 Å². The molecule has 0 bridgehead atoms. The molecule has 9 aromatic rings. The molecule has 0 spiro atoms. The summed E-state index contributed by atoms with van der Waals surface area (Å²) in [5.74, 6) is 2.04. The Kier molecular flexibility index (Phi) is 8.24. The molecule has 6 aromatic carbocycles. The van der Waals surface area contributed by atoms with Crippen molar-refractivity contribution in [3.05, 3.63) is 170 Å². The van der Waals surface area contributed by atoms with Gasteiger partial charge in [-0.3, -0.25) is 4.98 Å². The summed E-state index contributed by atoms with van der Waals surface area (Å²) in [6.45, 7) is 8.76. The van der Waals surface area contributed by atoms with Gasteiger partial charge in [-0.05, 0) is 74.3 Å². The van der Waals surface area contributed by atoms with Gasteiger partial charge in [0.1, 0.15) is 5.82 Å². The van der Waals surface area contributed by atoms with E-state index in [1.807, 2.05) is 48.9 Å². The molecule has 266 valence electrons. The molecule has 4 heterocycles. The Morgan fingerprint density at radius 3 is 2.30 bits per heavy atom. The SMILES string of the molecule is CC(C)(C)c1ccnc(-n2c3[c-]c(Oc4[c-]c(N5[CH-]N(c6ccc7c(ccc8ccccc87)c6)c6ccncc65)ccc4)ccc3c3ccccc32)c1.[Pt]. The van der Waals surface area contributed by atoms with Crippen LogP contribution in [0.2, 0.25) is 0 Å². The van der Waals surface area contributed by atoms with Gasteiger partial charge in [0, 0.05) is 68.0 Å². The molecule has 0 amide bonds. The first kappa shape index (κ1) is 33.8. The summed E-state index contributed by atoms with van der Waals surface area (Å²) in [7, 11) is 0. The number of hydrogen-bond donors (Lipinski definition) is 0. The average Bonchev–Trinajstić information content (AvgIpc) is 3.74. The summed E-state index contributed by atoms with van der Waals surface area (Å²) in [6.07, 6.45) is 5.62. The maximum Gasteiger partial charge on any atom is 0.135 e. The van der Waals surface area contributed by atoms with Crippen molar-refractivity contribution in [3.63, 3.8) is 0 Å². The van der Waals surface area contributed by atoms with E-state index < -0.39 is 0 Å². The quantitative estimate of drug-likeness (QED) is 0.127. The van der Waals surface area contributed by atoms with Gasteiger partial charge in [-0.15, -0.1) is 48.1 Å². The zero-order valence-electron chi connectivity index (χ0n) is 29.9. The molecular formula is C47H34N5OPt-3. The molecule has 1 aliphatic heterocycles. The van der Waals surface area contributed by atoms with Crippen LogP contribution in [0.4, 0.5) is 22.7 Å². The van der Waals surface area contributed by atoms with Crippen LogP contribution in [-0.4, -0.2) is 14.5 Å². The van der Waals surface area contributed by atoms with Gasteiger partial charge in [0.05, 0.1) is 5.69 Å². The summed E-state index contributed by atoms with van der Waals surface area (Å²) in [5.41, 5.74) is 7.09. The minimum absolute atomic E-state index is 0. The predicted octanol–water partition coefficient (Wildman–Crippen LogP) is 12.0. The number of pyridine rings is 2. The van der Waals surface area contributed by atoms with Crippen LogP contribution in [0.15, 0.2) is 146 Å². The van der Waals surface area contributed by atoms with Crippen molar-refractivity contribution in [2.75, 3.05) is 9.80 Å². The first-order chi connectivity index (χ1) is 25.9. The molecular weight excluding hydrogens is 846 g/mol. The van der Waals surface area contributed by atoms with Gasteiger partial charge in [0.25, 0.3) is 0 Å². The topological polar surface area (TPSA) is 46.4 Å². The predicted molar refractivity (Wildman–Crippen MR) is 216 cm³/mol. The number of para-hydroxylation sites is 1. The molecule has 6 nitrogen and oxygen atoms in total. The van der Waals surface area contributed by atoms with Crippen molar-refractivity contribution >= 4 is 66.1 Å². The van der Waals surface area contributed by atoms with Gasteiger partial charge < -0.3 is 19.1 Å². The fraction of sp³-hybridized carbons (Fsp3) is 0.0851. The summed E-state index contributed by atoms with van der Waals surface area (Å²) in [4.78, 5) is 13.6. The molecule has 0 saturated heterocycles. The van der Waals surface area contributed by atoms with Crippen molar-refractivity contribution in [1.82, 2.24) is 14.5 Å². The van der Waals surface area contributed by atoms with E-state index in [2.05, 4.69) is 156 Å². The minimum atomic E-state index is -0.0134. The number of hydrogen-bond acceptors (Lipinski definition) is 5. The first-order valence-electron chi connectivity index (χ1n) is 17.8. The molecule has 0 saturated carbocycles. The van der Waals surface area contributed by atoms with Crippen LogP contribution < -0.4 is 14.5 Å². The Hall–Kier alpha value is -5.97. The van der Waals surface area contributed by atoms with Gasteiger partial charge in [0.15, 0.2) is 0 Å². The molecule has 0 unspecified atom stereocenters. The molecule has 0 aliphatic carbocycles. The fourth-order valence-electron chi connectivity index (χ4n) is 7.49. The number of aromatic nitrogens is 3. The van der Waals surface area contributed by atoms with Gasteiger partial charge in [-0.1, -0.05) is 87.0 Å². The van der Waals surface area contributed by atoms with E-state index in [-0.39, 0.29) is 26.5 Å². The summed E-state index contributed by atoms with van der Waals surface area (Å²) < 4.78 is 8.70. The van der Waals surface area contributed by atoms with Crippen molar-refractivity contribution in [2.45, 2.75) is 26.2 Å². The first-order valence-corrected chi connectivity index (χ1v) is 17.8. The second-order valence-electron chi connectivity index (χ2n) is 14.5. The molecule has 0 radical (unpaired) electrons. The zero-order valence-corrected chi connectivity index (χ0v) is 32.2. The molecule has 0 fully saturated rings. The molecule has 54 heavy (non-hydrogen) atoms. The van der Waals surface area contributed by atoms with E-state index in [1.54, 1.807) is 0 Å². The van der Waals surface area contributed by atoms with Crippen LogP contribution in [0.5, 0.6) is 11.5 Å². The number of fused-ring (bicyclic) bond motifs is 7. The second-order valence-corrected chi connectivity index (χ2v) is 14.5. The van der Waals surface area contributed by atoms with Crippen LogP contribution in [0.1, 0.15) is 26.3 Å². The zero-order chi connectivity index (χ0) is 35.7. The molecule has 3 aromatic heterocycles. The standard InChI is InChI=1S/C47H34N5O.Pt/c1-47(2,3)33-21-24-49-46(26-33)52-42-14-7-6-13-40(42)41-20-18-37(28-44(41)52)53-36-11-8-10-34(27-36)51-30-50(43-22-23-48-29-45(43)51)35-17-19-39-32(25-35)16-15-31-9-4-5-12-38(31)39;/h4-26,29-30H,1-3H3;/q-3;. The van der Waals surface area contributed by atoms with E-state index in [4.69, 9.17) is 9.72 Å². The van der Waals surface area contributed by atoms with Crippen molar-refractivity contribution in [2.24, 2.45) is 0 Å². The normalized spacial score (nSPS) is 12.8. The molecule has 0 N–H and O–H groups in total. The fourth-order valence-corrected chi connectivity index (χ4v) is 7.49. The third-order valence-corrected chi connectivity index (χ3v) is 10.2. The van der Waals surface area contributed by atoms with Crippen LogP contribution in [-0.2, 0) is 26.5 Å². The van der Waals surface area contributed by atoms with Gasteiger partial charge >= 0.3 is 0 Å². The number of anilines is 4. The van der Waals surface area contributed by atoms with Crippen LogP contribution >= 0.6 is 0 Å². The van der Waals surface area contributed by atoms with Crippen molar-refractivity contribution < 1.29 is 25.8 Å². The smallest absolute Gasteiger partial charge is 0.135 e. The van der Waals surface area contributed by atoms with Gasteiger partial charge in [0.2, 0.25) is 0 Å².